The summed E-state index contributed by atoms with van der Waals surface area (Å²) in [5.74, 6) is 6.26. The summed E-state index contributed by atoms with van der Waals surface area (Å²) in [5, 5.41) is 0. The Morgan fingerprint density at radius 1 is 0.405 bits per heavy atom. The van der Waals surface area contributed by atoms with E-state index in [4.69, 9.17) is 4.74 Å². The van der Waals surface area contributed by atoms with Crippen molar-refractivity contribution in [3.8, 4) is 0 Å². The number of likely N-dealkylation sites (tertiary alicyclic amines) is 6. The van der Waals surface area contributed by atoms with Crippen LogP contribution < -0.4 is 0 Å². The summed E-state index contributed by atoms with van der Waals surface area (Å²) >= 11 is 0. The smallest absolute Gasteiger partial charge is 0.345 e. The summed E-state index contributed by atoms with van der Waals surface area (Å²) in [5.41, 5.74) is 0. The topological polar surface area (TPSA) is 37.9 Å². The fourth-order valence-electron chi connectivity index (χ4n) is 15.0. The van der Waals surface area contributed by atoms with Crippen LogP contribution in [0.3, 0.4) is 0 Å². The maximum Gasteiger partial charge on any atom is 0.345 e. The molecule has 6 saturated heterocycles. The van der Waals surface area contributed by atoms with E-state index < -0.39 is 12.8 Å². The summed E-state index contributed by atoms with van der Waals surface area (Å²) in [6, 6.07) is 9.68. The van der Waals surface area contributed by atoms with Crippen molar-refractivity contribution in [3.63, 3.8) is 0 Å². The van der Waals surface area contributed by atoms with Crippen LogP contribution in [0.25, 0.3) is 0 Å². The standard InChI is InChI=1S/C12H23F2NO.C12H25NO.C12H25N.2C11H23N.C10H20FN/c1-8(2)11-5-10(7-16-12(13)14)6-15(11)9(3)4;1-9(2)12-6-11(8-14-5)7-13(12)10(3)4;1-6-11-7-8-12(9(2)3)13(11)10(4)5;1-8(2)11-6-10(5)7-12(11)9(3)4;1-8(2)11-7-6-10(5)12(11)9(3)4;1-7(2)10-5-9(11)6-12(10)8(3)4/h8-12H,5-7H2,1-4H3;9-12H,6-8H2,1-5H3;9-12H,6-8H2,1-5H3;2*8-11H,6-7H2,1-5H3;7-10H,5-6H2,1-4H3/t10?,11-;2*11?,12-;2*10?,11-;9?,10-/m000000/s1. The normalized spacial score (nSPS) is 30.5. The van der Waals surface area contributed by atoms with Gasteiger partial charge < -0.3 is 9.47 Å². The zero-order valence-corrected chi connectivity index (χ0v) is 57.7. The summed E-state index contributed by atoms with van der Waals surface area (Å²) in [6.45, 7) is 64.2. The first kappa shape index (κ1) is 76.5. The summed E-state index contributed by atoms with van der Waals surface area (Å²) in [6.07, 6.45) is 10.8. The number of rotatable bonds is 18. The number of hydrogen-bond acceptors (Lipinski definition) is 8. The van der Waals surface area contributed by atoms with E-state index in [1.165, 1.54) is 58.0 Å². The van der Waals surface area contributed by atoms with Gasteiger partial charge in [-0.25, -0.2) is 4.39 Å². The van der Waals surface area contributed by atoms with Crippen LogP contribution in [0.4, 0.5) is 13.2 Å². The number of ether oxygens (including phenoxy) is 2. The van der Waals surface area contributed by atoms with E-state index in [2.05, 4.69) is 221 Å². The largest absolute Gasteiger partial charge is 0.384 e. The van der Waals surface area contributed by atoms with Gasteiger partial charge in [-0.3, -0.25) is 29.4 Å². The first-order valence-corrected chi connectivity index (χ1v) is 33.2. The predicted octanol–water partition coefficient (Wildman–Crippen LogP) is 16.8. The lowest BCUT2D eigenvalue weighted by atomic mass is 9.97. The Morgan fingerprint density at radius 2 is 0.759 bits per heavy atom. The van der Waals surface area contributed by atoms with E-state index >= 15 is 0 Å². The van der Waals surface area contributed by atoms with Crippen molar-refractivity contribution in [2.24, 2.45) is 53.3 Å². The third-order valence-corrected chi connectivity index (χ3v) is 19.0. The minimum atomic E-state index is -2.63. The van der Waals surface area contributed by atoms with Gasteiger partial charge in [-0.05, 0) is 201 Å². The van der Waals surface area contributed by atoms with Crippen molar-refractivity contribution < 1.29 is 22.6 Å². The van der Waals surface area contributed by atoms with Gasteiger partial charge in [-0.15, -0.1) is 0 Å². The van der Waals surface area contributed by atoms with Gasteiger partial charge in [-0.2, -0.15) is 8.78 Å². The predicted molar refractivity (Wildman–Crippen MR) is 338 cm³/mol. The van der Waals surface area contributed by atoms with Gasteiger partial charge in [-0.1, -0.05) is 96.9 Å². The molecule has 6 fully saturated rings. The van der Waals surface area contributed by atoms with Crippen molar-refractivity contribution in [1.29, 1.82) is 0 Å². The van der Waals surface area contributed by atoms with E-state index in [1.807, 2.05) is 7.11 Å². The second kappa shape index (κ2) is 37.8. The van der Waals surface area contributed by atoms with Gasteiger partial charge in [0.05, 0.1) is 13.2 Å². The zero-order chi connectivity index (χ0) is 60.9. The Balaban J connectivity index is 0.000000475. The van der Waals surface area contributed by atoms with Crippen LogP contribution in [0.1, 0.15) is 245 Å². The van der Waals surface area contributed by atoms with Gasteiger partial charge in [0.25, 0.3) is 0 Å². The third-order valence-electron chi connectivity index (χ3n) is 19.0. The molecule has 79 heavy (non-hydrogen) atoms. The van der Waals surface area contributed by atoms with E-state index in [0.29, 0.717) is 48.6 Å². The number of alkyl halides is 3. The highest BCUT2D eigenvalue weighted by atomic mass is 19.3. The zero-order valence-electron chi connectivity index (χ0n) is 57.7. The van der Waals surface area contributed by atoms with Gasteiger partial charge in [0.15, 0.2) is 0 Å². The molecule has 0 bridgehead atoms. The molecular weight excluding hydrogens is 990 g/mol. The molecule has 0 spiro atoms. The SMILES string of the molecule is CC(C)[C@@H]1CC(COC(F)F)CN1C(C)C.CC(C)[C@@H]1CC(F)CN1C(C)C.CC(C)[C@@H]1CCC(C)N1C(C)C.CC1C[C@@H](C(C)C)N(C(C)C)C1.CCC1CC[C@@H](C(C)C)N1C(C)C.COCC1C[C@@H](C(C)C)N(C(C)C)C1. The highest BCUT2D eigenvalue weighted by Crippen LogP contribution is 2.35. The molecule has 11 heteroatoms. The monoisotopic (exact) mass is 1130 g/mol. The van der Waals surface area contributed by atoms with Gasteiger partial charge in [0.1, 0.15) is 6.17 Å². The van der Waals surface area contributed by atoms with Crippen molar-refractivity contribution in [2.75, 3.05) is 46.5 Å². The first-order chi connectivity index (χ1) is 36.6. The molecule has 12 atom stereocenters. The van der Waals surface area contributed by atoms with Crippen molar-refractivity contribution in [1.82, 2.24) is 29.4 Å². The van der Waals surface area contributed by atoms with Crippen LogP contribution >= 0.6 is 0 Å². The lowest BCUT2D eigenvalue weighted by Gasteiger charge is -2.35. The Labute approximate surface area is 491 Å². The second-order valence-corrected chi connectivity index (χ2v) is 29.6. The number of methoxy groups -OCH3 is 1. The Morgan fingerprint density at radius 3 is 1.08 bits per heavy atom. The first-order valence-electron chi connectivity index (χ1n) is 33.2. The average Bonchev–Trinajstić information content (AvgIpc) is 4.21. The van der Waals surface area contributed by atoms with E-state index in [-0.39, 0.29) is 12.5 Å². The Hall–Kier alpha value is -0.530. The molecule has 0 saturated carbocycles. The van der Waals surface area contributed by atoms with E-state index in [1.54, 1.807) is 0 Å². The molecule has 6 aliphatic rings. The maximum absolute atomic E-state index is 13.1. The Kier molecular flexibility index (Phi) is 36.6. The summed E-state index contributed by atoms with van der Waals surface area (Å²) < 4.78 is 46.7. The molecule has 0 aliphatic carbocycles. The highest BCUT2D eigenvalue weighted by molar-refractivity contribution is 4.93. The van der Waals surface area contributed by atoms with E-state index in [0.717, 1.165) is 116 Å². The van der Waals surface area contributed by atoms with Gasteiger partial charge >= 0.3 is 6.61 Å². The number of hydrogen-bond donors (Lipinski definition) is 0. The molecule has 0 aromatic heterocycles. The minimum absolute atomic E-state index is 0.185. The molecule has 6 aliphatic heterocycles. The maximum atomic E-state index is 13.1. The van der Waals surface area contributed by atoms with Crippen molar-refractivity contribution in [2.45, 2.75) is 342 Å². The quantitative estimate of drug-likeness (QED) is 0.134. The number of nitrogens with zero attached hydrogens (tertiary/aromatic N) is 6. The lowest BCUT2D eigenvalue weighted by molar-refractivity contribution is -0.137. The average molecular weight is 1130 g/mol. The van der Waals surface area contributed by atoms with E-state index in [9.17, 15) is 13.2 Å². The molecule has 6 heterocycles. The molecule has 474 valence electrons. The fraction of sp³-hybridized carbons (Fsp3) is 1.00. The van der Waals surface area contributed by atoms with Crippen molar-refractivity contribution >= 4 is 0 Å². The van der Waals surface area contributed by atoms with Crippen LogP contribution in [-0.2, 0) is 9.47 Å². The van der Waals surface area contributed by atoms with Gasteiger partial charge in [0, 0.05) is 118 Å². The minimum Gasteiger partial charge on any atom is -0.384 e. The molecule has 6 rings (SSSR count). The third kappa shape index (κ3) is 25.5. The molecule has 0 N–H and O–H groups in total. The molecular formula is C68H139F3N6O2. The summed E-state index contributed by atoms with van der Waals surface area (Å²) in [4.78, 5) is 15.4. The molecule has 8 nitrogen and oxygen atoms in total. The van der Waals surface area contributed by atoms with Crippen molar-refractivity contribution in [3.05, 3.63) is 0 Å². The van der Waals surface area contributed by atoms with Crippen LogP contribution in [0.15, 0.2) is 0 Å². The van der Waals surface area contributed by atoms with Gasteiger partial charge in [0.2, 0.25) is 0 Å². The highest BCUT2D eigenvalue weighted by Gasteiger charge is 2.39. The number of halogens is 3. The van der Waals surface area contributed by atoms with Crippen LogP contribution in [0, 0.1) is 53.3 Å². The molecule has 0 amide bonds. The van der Waals surface area contributed by atoms with Crippen LogP contribution in [0.2, 0.25) is 0 Å². The summed E-state index contributed by atoms with van der Waals surface area (Å²) in [7, 11) is 1.81. The fourth-order valence-corrected chi connectivity index (χ4v) is 15.0. The molecule has 0 aromatic carbocycles. The lowest BCUT2D eigenvalue weighted by Crippen LogP contribution is -2.43. The molecule has 6 unspecified atom stereocenters. The van der Waals surface area contributed by atoms with Crippen LogP contribution in [-0.4, -0.2) is 173 Å². The second-order valence-electron chi connectivity index (χ2n) is 29.6. The molecule has 0 aromatic rings. The van der Waals surface area contributed by atoms with Crippen LogP contribution in [0.5, 0.6) is 0 Å². The molecule has 0 radical (unpaired) electrons. The Bertz CT molecular complexity index is 1420.